The molecule has 1 aliphatic heterocycles. The van der Waals surface area contributed by atoms with Gasteiger partial charge in [-0.05, 0) is 47.7 Å². The van der Waals surface area contributed by atoms with Gasteiger partial charge in [-0.1, -0.05) is 13.8 Å². The maximum atomic E-state index is 13.6. The van der Waals surface area contributed by atoms with Crippen LogP contribution in [0.15, 0.2) is 36.7 Å². The molecule has 1 aromatic carbocycles. The normalized spacial score (nSPS) is 17.0. The monoisotopic (exact) mass is 399 g/mol. The molecule has 2 amide bonds. The second-order valence-corrected chi connectivity index (χ2v) is 7.84. The molecule has 3 rings (SSSR count). The number of amides is 2. The van der Waals surface area contributed by atoms with Crippen LogP contribution in [-0.4, -0.2) is 41.5 Å². The third kappa shape index (κ3) is 4.23. The maximum absolute atomic E-state index is 13.6. The molecular weight excluding hydrogens is 370 g/mol. The van der Waals surface area contributed by atoms with Crippen LogP contribution in [0.1, 0.15) is 37.4 Å². The first kappa shape index (κ1) is 20.8. The van der Waals surface area contributed by atoms with Crippen LogP contribution in [0.5, 0.6) is 11.5 Å². The van der Waals surface area contributed by atoms with Crippen LogP contribution in [0.3, 0.4) is 0 Å². The molecule has 0 aliphatic carbocycles. The second kappa shape index (κ2) is 8.59. The van der Waals surface area contributed by atoms with Crippen LogP contribution in [0.4, 0.5) is 0 Å². The highest BCUT2D eigenvalue weighted by atomic mass is 16.5. The lowest BCUT2D eigenvalue weighted by Gasteiger charge is -2.38. The zero-order chi connectivity index (χ0) is 21.1. The lowest BCUT2D eigenvalue weighted by atomic mass is 9.91. The largest absolute Gasteiger partial charge is 0.493 e. The van der Waals surface area contributed by atoms with Gasteiger partial charge in [0.05, 0.1) is 14.2 Å². The number of hydrogen-bond donors (Lipinski definition) is 1. The van der Waals surface area contributed by atoms with Crippen LogP contribution < -0.4 is 15.2 Å². The number of fused-ring (bicyclic) bond motifs is 1. The summed E-state index contributed by atoms with van der Waals surface area (Å²) in [6.07, 6.45) is 4.80. The third-order valence-corrected chi connectivity index (χ3v) is 5.41. The van der Waals surface area contributed by atoms with E-state index in [4.69, 9.17) is 15.2 Å². The van der Waals surface area contributed by atoms with Gasteiger partial charge in [-0.3, -0.25) is 9.59 Å². The summed E-state index contributed by atoms with van der Waals surface area (Å²) in [7, 11) is 3.15. The van der Waals surface area contributed by atoms with E-state index >= 15 is 0 Å². The van der Waals surface area contributed by atoms with Crippen molar-refractivity contribution in [3.05, 3.63) is 47.8 Å². The predicted molar refractivity (Wildman–Crippen MR) is 110 cm³/mol. The molecule has 7 heteroatoms. The average molecular weight is 399 g/mol. The predicted octanol–water partition coefficient (Wildman–Crippen LogP) is 2.53. The molecule has 0 spiro atoms. The minimum Gasteiger partial charge on any atom is -0.493 e. The van der Waals surface area contributed by atoms with Gasteiger partial charge in [-0.2, -0.15) is 0 Å². The van der Waals surface area contributed by atoms with Gasteiger partial charge in [0.2, 0.25) is 11.8 Å². The van der Waals surface area contributed by atoms with Crippen molar-refractivity contribution in [2.45, 2.75) is 45.3 Å². The van der Waals surface area contributed by atoms with Gasteiger partial charge >= 0.3 is 0 Å². The Hall–Kier alpha value is -2.96. The first-order chi connectivity index (χ1) is 13.8. The number of benzene rings is 1. The van der Waals surface area contributed by atoms with Crippen molar-refractivity contribution in [1.29, 1.82) is 0 Å². The molecule has 1 aromatic heterocycles. The summed E-state index contributed by atoms with van der Waals surface area (Å²) in [6.45, 7) is 4.47. The zero-order valence-electron chi connectivity index (χ0n) is 17.4. The fourth-order valence-corrected chi connectivity index (χ4v) is 3.94. The van der Waals surface area contributed by atoms with Crippen LogP contribution in [0.2, 0.25) is 0 Å². The summed E-state index contributed by atoms with van der Waals surface area (Å²) >= 11 is 0. The van der Waals surface area contributed by atoms with E-state index < -0.39 is 11.9 Å². The summed E-state index contributed by atoms with van der Waals surface area (Å²) in [5.41, 5.74) is 7.58. The molecule has 2 atom stereocenters. The Bertz CT molecular complexity index is 876. The quantitative estimate of drug-likeness (QED) is 0.775. The molecule has 0 radical (unpaired) electrons. The summed E-state index contributed by atoms with van der Waals surface area (Å²) in [4.78, 5) is 27.4. The van der Waals surface area contributed by atoms with Crippen molar-refractivity contribution in [3.8, 4) is 11.5 Å². The number of ether oxygens (including phenoxy) is 2. The number of hydrogen-bond acceptors (Lipinski definition) is 4. The van der Waals surface area contributed by atoms with Gasteiger partial charge in [0.15, 0.2) is 11.5 Å². The van der Waals surface area contributed by atoms with Crippen molar-refractivity contribution < 1.29 is 19.1 Å². The highest BCUT2D eigenvalue weighted by Crippen LogP contribution is 2.36. The second-order valence-electron chi connectivity index (χ2n) is 7.84. The number of carbonyl (C=O) groups is 2. The van der Waals surface area contributed by atoms with Gasteiger partial charge < -0.3 is 24.7 Å². The highest BCUT2D eigenvalue weighted by Gasteiger charge is 2.37. The average Bonchev–Trinajstić information content (AvgIpc) is 3.23. The Labute approximate surface area is 171 Å². The van der Waals surface area contributed by atoms with Crippen molar-refractivity contribution in [2.24, 2.45) is 11.7 Å². The summed E-state index contributed by atoms with van der Waals surface area (Å²) in [5, 5.41) is 0. The third-order valence-electron chi connectivity index (χ3n) is 5.41. The SMILES string of the molecule is COc1cc2c(cc1OC)CN(C(=O)C(CC(C)C)n1cccc1)C(C(N)=O)C2. The molecular formula is C22H29N3O4. The Morgan fingerprint density at radius 3 is 2.21 bits per heavy atom. The zero-order valence-corrected chi connectivity index (χ0v) is 17.4. The van der Waals surface area contributed by atoms with E-state index in [0.29, 0.717) is 36.8 Å². The molecule has 2 N–H and O–H groups in total. The number of nitrogens with zero attached hydrogens (tertiary/aromatic N) is 2. The van der Waals surface area contributed by atoms with E-state index in [2.05, 4.69) is 13.8 Å². The standard InChI is InChI=1S/C22H29N3O4/c1-14(2)9-18(24-7-5-6-8-24)22(27)25-13-16-12-20(29-4)19(28-3)11-15(16)10-17(25)21(23)26/h5-8,11-12,14,17-18H,9-10,13H2,1-4H3,(H2,23,26). The fraction of sp³-hybridized carbons (Fsp3) is 0.455. The van der Waals surface area contributed by atoms with Crippen molar-refractivity contribution in [3.63, 3.8) is 0 Å². The Morgan fingerprint density at radius 1 is 1.10 bits per heavy atom. The first-order valence-corrected chi connectivity index (χ1v) is 9.81. The van der Waals surface area contributed by atoms with Crippen molar-refractivity contribution >= 4 is 11.8 Å². The lowest BCUT2D eigenvalue weighted by Crippen LogP contribution is -2.53. The molecule has 29 heavy (non-hydrogen) atoms. The summed E-state index contributed by atoms with van der Waals surface area (Å²) in [5.74, 6) is 0.910. The minimum absolute atomic E-state index is 0.0980. The van der Waals surface area contributed by atoms with Gasteiger partial charge in [0.1, 0.15) is 12.1 Å². The summed E-state index contributed by atoms with van der Waals surface area (Å²) in [6, 6.07) is 6.46. The topological polar surface area (TPSA) is 86.8 Å². The Morgan fingerprint density at radius 2 is 1.69 bits per heavy atom. The molecule has 7 nitrogen and oxygen atoms in total. The number of aromatic nitrogens is 1. The van der Waals surface area contributed by atoms with E-state index in [1.807, 2.05) is 41.2 Å². The van der Waals surface area contributed by atoms with Gasteiger partial charge in [-0.25, -0.2) is 0 Å². The smallest absolute Gasteiger partial charge is 0.246 e. The fourth-order valence-electron chi connectivity index (χ4n) is 3.94. The highest BCUT2D eigenvalue weighted by molar-refractivity contribution is 5.89. The van der Waals surface area contributed by atoms with E-state index in [1.54, 1.807) is 19.1 Å². The van der Waals surface area contributed by atoms with E-state index in [-0.39, 0.29) is 11.9 Å². The van der Waals surface area contributed by atoms with Gasteiger partial charge in [0.25, 0.3) is 0 Å². The first-order valence-electron chi connectivity index (χ1n) is 9.81. The summed E-state index contributed by atoms with van der Waals surface area (Å²) < 4.78 is 12.7. The lowest BCUT2D eigenvalue weighted by molar-refractivity contribution is -0.143. The van der Waals surface area contributed by atoms with Crippen LogP contribution in [0, 0.1) is 5.92 Å². The van der Waals surface area contributed by atoms with Crippen LogP contribution >= 0.6 is 0 Å². The van der Waals surface area contributed by atoms with Crippen molar-refractivity contribution in [1.82, 2.24) is 9.47 Å². The van der Waals surface area contributed by atoms with Gasteiger partial charge in [-0.15, -0.1) is 0 Å². The Balaban J connectivity index is 1.98. The molecule has 0 saturated carbocycles. The molecule has 1 aliphatic rings. The number of nitrogens with two attached hydrogens (primary N) is 1. The van der Waals surface area contributed by atoms with Crippen LogP contribution in [-0.2, 0) is 22.6 Å². The Kier molecular flexibility index (Phi) is 6.15. The number of methoxy groups -OCH3 is 2. The molecule has 0 saturated heterocycles. The molecule has 2 unspecified atom stereocenters. The van der Waals surface area contributed by atoms with Gasteiger partial charge in [0, 0.05) is 25.4 Å². The number of rotatable bonds is 7. The molecule has 0 fully saturated rings. The van der Waals surface area contributed by atoms with Crippen LogP contribution in [0.25, 0.3) is 0 Å². The number of primary amides is 1. The van der Waals surface area contributed by atoms with E-state index in [9.17, 15) is 9.59 Å². The molecule has 2 heterocycles. The van der Waals surface area contributed by atoms with E-state index in [0.717, 1.165) is 11.1 Å². The van der Waals surface area contributed by atoms with E-state index in [1.165, 1.54) is 0 Å². The minimum atomic E-state index is -0.696. The number of carbonyl (C=O) groups excluding carboxylic acids is 2. The maximum Gasteiger partial charge on any atom is 0.246 e. The molecule has 2 aromatic rings. The molecule has 156 valence electrons. The van der Waals surface area contributed by atoms with Crippen molar-refractivity contribution in [2.75, 3.05) is 14.2 Å². The molecule has 0 bridgehead atoms.